The third kappa shape index (κ3) is 88400. The lowest BCUT2D eigenvalue weighted by atomic mass is 11.3. The summed E-state index contributed by atoms with van der Waals surface area (Å²) in [7, 11) is -0.833. The fourth-order valence-electron chi connectivity index (χ4n) is 0. The van der Waals surface area contributed by atoms with Crippen molar-refractivity contribution in [3.63, 3.8) is 0 Å². The molecule has 0 fully saturated rings. The predicted molar refractivity (Wildman–Crippen MR) is 23.1 cm³/mol. The second-order valence-corrected chi connectivity index (χ2v) is 0.481. The molecule has 0 aromatic rings. The van der Waals surface area contributed by atoms with E-state index in [9.17, 15) is 0 Å². The van der Waals surface area contributed by atoms with Crippen LogP contribution < -0.4 is 11.5 Å². The van der Waals surface area contributed by atoms with Gasteiger partial charge in [0.05, 0.1) is 0 Å². The van der Waals surface area contributed by atoms with Gasteiger partial charge in [0.1, 0.15) is 0 Å². The van der Waals surface area contributed by atoms with E-state index in [1.807, 2.05) is 0 Å². The Morgan fingerprint density at radius 1 is 1.67 bits per heavy atom. The smallest absolute Gasteiger partial charge is 0.319 e. The van der Waals surface area contributed by atoms with Crippen LogP contribution in [0.2, 0.25) is 0 Å². The lowest BCUT2D eigenvalue weighted by molar-refractivity contribution is 0.524. The van der Waals surface area contributed by atoms with Gasteiger partial charge < -0.3 is 16.4 Å². The van der Waals surface area contributed by atoms with Crippen molar-refractivity contribution in [3.05, 3.63) is 0 Å². The van der Waals surface area contributed by atoms with Gasteiger partial charge in [-0.15, -0.1) is 0 Å². The topological polar surface area (TPSA) is 89.3 Å². The van der Waals surface area contributed by atoms with Crippen LogP contribution in [0.5, 0.6) is 0 Å². The Kier molecular flexibility index (Phi) is 31.4. The van der Waals surface area contributed by atoms with Crippen molar-refractivity contribution in [3.8, 4) is 0 Å². The Bertz CT molecular complexity index is 25.5. The SMILES string of the molecule is NCN.O=PO. The molecule has 5 heteroatoms. The molecule has 38 valence electrons. The first-order chi connectivity index (χ1) is 2.83. The zero-order valence-electron chi connectivity index (χ0n) is 3.16. The molecule has 0 unspecified atom stereocenters. The highest BCUT2D eigenvalue weighted by Crippen LogP contribution is 1.66. The molecule has 4 nitrogen and oxygen atoms in total. The van der Waals surface area contributed by atoms with Gasteiger partial charge in [-0.2, -0.15) is 0 Å². The van der Waals surface area contributed by atoms with E-state index in [1.54, 1.807) is 0 Å². The van der Waals surface area contributed by atoms with E-state index in [-0.39, 0.29) is 6.67 Å². The summed E-state index contributed by atoms with van der Waals surface area (Å²) in [5, 5.41) is 0. The van der Waals surface area contributed by atoms with Crippen LogP contribution in [0.25, 0.3) is 0 Å². The van der Waals surface area contributed by atoms with Gasteiger partial charge >= 0.3 is 8.69 Å². The van der Waals surface area contributed by atoms with Crippen LogP contribution in [-0.2, 0) is 4.57 Å². The molecule has 0 bridgehead atoms. The van der Waals surface area contributed by atoms with E-state index < -0.39 is 8.69 Å². The highest BCUT2D eigenvalue weighted by molar-refractivity contribution is 7.16. The van der Waals surface area contributed by atoms with Gasteiger partial charge in [0, 0.05) is 6.67 Å². The highest BCUT2D eigenvalue weighted by Gasteiger charge is 1.29. The summed E-state index contributed by atoms with van der Waals surface area (Å²) in [5.41, 5.74) is 9.25. The maximum Gasteiger partial charge on any atom is 0.324 e. The van der Waals surface area contributed by atoms with Crippen molar-refractivity contribution in [2.45, 2.75) is 0 Å². The fourth-order valence-corrected chi connectivity index (χ4v) is 0. The zero-order chi connectivity index (χ0) is 5.41. The summed E-state index contributed by atoms with van der Waals surface area (Å²) < 4.78 is 8.46. The van der Waals surface area contributed by atoms with Gasteiger partial charge in [-0.25, -0.2) is 4.57 Å². The minimum atomic E-state index is -0.833. The molecule has 0 aliphatic carbocycles. The van der Waals surface area contributed by atoms with Crippen LogP contribution in [-0.4, -0.2) is 11.6 Å². The maximum atomic E-state index is 8.46. The first-order valence-electron chi connectivity index (χ1n) is 1.20. The van der Waals surface area contributed by atoms with E-state index in [0.29, 0.717) is 0 Å². The van der Waals surface area contributed by atoms with Crippen LogP contribution in [0.4, 0.5) is 0 Å². The van der Waals surface area contributed by atoms with Crippen molar-refractivity contribution >= 4 is 8.69 Å². The van der Waals surface area contributed by atoms with Gasteiger partial charge in [0.25, 0.3) is 0 Å². The normalized spacial score (nSPS) is 6.50. The van der Waals surface area contributed by atoms with Crippen molar-refractivity contribution < 1.29 is 9.46 Å². The molecule has 0 rings (SSSR count). The van der Waals surface area contributed by atoms with E-state index in [0.717, 1.165) is 0 Å². The molecule has 0 spiro atoms. The van der Waals surface area contributed by atoms with Gasteiger partial charge in [-0.1, -0.05) is 0 Å². The van der Waals surface area contributed by atoms with Crippen LogP contribution in [0.15, 0.2) is 0 Å². The Morgan fingerprint density at radius 2 is 1.67 bits per heavy atom. The Morgan fingerprint density at radius 3 is 1.67 bits per heavy atom. The Hall–Kier alpha value is -0.0200. The largest absolute Gasteiger partial charge is 0.324 e. The number of nitrogens with two attached hydrogens (primary N) is 2. The zero-order valence-corrected chi connectivity index (χ0v) is 4.06. The number of rotatable bonds is 0. The van der Waals surface area contributed by atoms with E-state index in [4.69, 9.17) is 9.46 Å². The first kappa shape index (κ1) is 9.36. The Balaban J connectivity index is 0. The standard InChI is InChI=1S/CH6N2.HO2P/c2-1-3;1-3-2/h1-3H2;(H,1,2). The lowest BCUT2D eigenvalue weighted by Gasteiger charge is -1.56. The molecule has 0 saturated carbocycles. The average molecular weight is 110 g/mol. The summed E-state index contributed by atoms with van der Waals surface area (Å²) in [5.74, 6) is 0. The van der Waals surface area contributed by atoms with Gasteiger partial charge in [-0.3, -0.25) is 0 Å². The molecule has 5 N–H and O–H groups in total. The molecule has 0 aromatic carbocycles. The van der Waals surface area contributed by atoms with E-state index >= 15 is 0 Å². The van der Waals surface area contributed by atoms with Crippen molar-refractivity contribution in [2.24, 2.45) is 11.5 Å². The third-order valence-corrected chi connectivity index (χ3v) is 0. The van der Waals surface area contributed by atoms with Crippen LogP contribution in [0.1, 0.15) is 0 Å². The minimum Gasteiger partial charge on any atom is -0.319 e. The molecule has 0 heterocycles. The first-order valence-corrected chi connectivity index (χ1v) is 1.96. The summed E-state index contributed by atoms with van der Waals surface area (Å²) in [6.07, 6.45) is 0. The quantitative estimate of drug-likeness (QED) is 0.277. The summed E-state index contributed by atoms with van der Waals surface area (Å²) in [4.78, 5) is 6.99. The molecule has 0 atom stereocenters. The third-order valence-electron chi connectivity index (χ3n) is 0. The predicted octanol–water partition coefficient (Wildman–Crippen LogP) is -0.953. The van der Waals surface area contributed by atoms with E-state index in [1.165, 1.54) is 0 Å². The number of hydrogen-bond donors (Lipinski definition) is 3. The second-order valence-electron chi connectivity index (χ2n) is 0.317. The van der Waals surface area contributed by atoms with Gasteiger partial charge in [0.15, 0.2) is 0 Å². The highest BCUT2D eigenvalue weighted by atomic mass is 31.1. The second kappa shape index (κ2) is 20.1. The molecular formula is CH7N2O2P. The molecule has 0 radical (unpaired) electrons. The summed E-state index contributed by atoms with van der Waals surface area (Å²) >= 11 is 0. The van der Waals surface area contributed by atoms with Crippen molar-refractivity contribution in [1.82, 2.24) is 0 Å². The molecule has 0 amide bonds. The van der Waals surface area contributed by atoms with Crippen LogP contribution >= 0.6 is 8.69 Å². The molecular weight excluding hydrogens is 103 g/mol. The molecule has 0 aromatic heterocycles. The lowest BCUT2D eigenvalue weighted by Crippen LogP contribution is -2.08. The minimum absolute atomic E-state index is 0.250. The fraction of sp³-hybridized carbons (Fsp3) is 1.00. The maximum absolute atomic E-state index is 8.46. The van der Waals surface area contributed by atoms with Crippen molar-refractivity contribution in [1.29, 1.82) is 0 Å². The number of hydrogen-bond acceptors (Lipinski definition) is 3. The molecule has 0 aliphatic heterocycles. The van der Waals surface area contributed by atoms with Crippen molar-refractivity contribution in [2.75, 3.05) is 6.67 Å². The van der Waals surface area contributed by atoms with Crippen LogP contribution in [0, 0.1) is 0 Å². The van der Waals surface area contributed by atoms with E-state index in [2.05, 4.69) is 11.5 Å². The molecule has 0 aliphatic rings. The summed E-state index contributed by atoms with van der Waals surface area (Å²) in [6.45, 7) is 0.250. The van der Waals surface area contributed by atoms with Gasteiger partial charge in [-0.05, 0) is 0 Å². The van der Waals surface area contributed by atoms with Gasteiger partial charge in [0.2, 0.25) is 0 Å². The summed E-state index contributed by atoms with van der Waals surface area (Å²) in [6, 6.07) is 0. The van der Waals surface area contributed by atoms with Crippen LogP contribution in [0.3, 0.4) is 0 Å². The molecule has 0 saturated heterocycles. The average Bonchev–Trinajstić information content (AvgIpc) is 1.39. The Labute approximate surface area is 37.4 Å². The molecule has 6 heavy (non-hydrogen) atoms. The monoisotopic (exact) mass is 110 g/mol.